The number of hydrogen-bond acceptors (Lipinski definition) is 4. The Morgan fingerprint density at radius 1 is 1.41 bits per heavy atom. The molecule has 2 heterocycles. The molecule has 0 saturated heterocycles. The predicted octanol–water partition coefficient (Wildman–Crippen LogP) is 2.19. The van der Waals surface area contributed by atoms with Crippen molar-refractivity contribution in [2.24, 2.45) is 0 Å². The summed E-state index contributed by atoms with van der Waals surface area (Å²) in [7, 11) is 0. The van der Waals surface area contributed by atoms with Crippen molar-refractivity contribution >= 4 is 15.9 Å². The molecule has 90 valence electrons. The standard InChI is InChI=1S/C11H13BrN4O/c1-3-17-11-10(12)4-9(5-13-11)6-16-7-14-8(2)15-16/h4-5,7H,3,6H2,1-2H3. The molecule has 0 N–H and O–H groups in total. The molecule has 2 aromatic rings. The summed E-state index contributed by atoms with van der Waals surface area (Å²) in [6, 6.07) is 1.98. The highest BCUT2D eigenvalue weighted by Crippen LogP contribution is 2.23. The van der Waals surface area contributed by atoms with Gasteiger partial charge in [0.25, 0.3) is 0 Å². The molecule has 0 fully saturated rings. The second-order valence-electron chi connectivity index (χ2n) is 3.55. The molecule has 0 aromatic carbocycles. The molecule has 2 rings (SSSR count). The Kier molecular flexibility index (Phi) is 3.73. The van der Waals surface area contributed by atoms with Gasteiger partial charge < -0.3 is 4.74 Å². The van der Waals surface area contributed by atoms with Gasteiger partial charge in [0.1, 0.15) is 12.2 Å². The quantitative estimate of drug-likeness (QED) is 0.868. The van der Waals surface area contributed by atoms with Gasteiger partial charge in [0, 0.05) is 6.20 Å². The first-order valence-corrected chi connectivity index (χ1v) is 6.11. The second-order valence-corrected chi connectivity index (χ2v) is 4.41. The lowest BCUT2D eigenvalue weighted by molar-refractivity contribution is 0.324. The SMILES string of the molecule is CCOc1ncc(Cn2cnc(C)n2)cc1Br. The zero-order chi connectivity index (χ0) is 12.3. The molecule has 5 nitrogen and oxygen atoms in total. The molecule has 0 atom stereocenters. The fraction of sp³-hybridized carbons (Fsp3) is 0.364. The van der Waals surface area contributed by atoms with Crippen molar-refractivity contribution in [3.63, 3.8) is 0 Å². The molecule has 0 unspecified atom stereocenters. The van der Waals surface area contributed by atoms with Gasteiger partial charge in [-0.15, -0.1) is 0 Å². The van der Waals surface area contributed by atoms with Crippen LogP contribution in [0.1, 0.15) is 18.3 Å². The average Bonchev–Trinajstić information content (AvgIpc) is 2.68. The maximum absolute atomic E-state index is 5.35. The monoisotopic (exact) mass is 296 g/mol. The van der Waals surface area contributed by atoms with Crippen molar-refractivity contribution in [3.8, 4) is 5.88 Å². The van der Waals surface area contributed by atoms with Gasteiger partial charge in [-0.05, 0) is 41.4 Å². The third kappa shape index (κ3) is 3.03. The third-order valence-corrected chi connectivity index (χ3v) is 2.71. The summed E-state index contributed by atoms with van der Waals surface area (Å²) in [5.41, 5.74) is 1.05. The van der Waals surface area contributed by atoms with Crippen molar-refractivity contribution in [1.29, 1.82) is 0 Å². The smallest absolute Gasteiger partial charge is 0.227 e. The first-order valence-electron chi connectivity index (χ1n) is 5.32. The van der Waals surface area contributed by atoms with Crippen molar-refractivity contribution in [1.82, 2.24) is 19.7 Å². The summed E-state index contributed by atoms with van der Waals surface area (Å²) in [6.07, 6.45) is 3.49. The van der Waals surface area contributed by atoms with Crippen LogP contribution in [0.15, 0.2) is 23.1 Å². The largest absolute Gasteiger partial charge is 0.477 e. The summed E-state index contributed by atoms with van der Waals surface area (Å²) in [4.78, 5) is 8.32. The van der Waals surface area contributed by atoms with Crippen LogP contribution < -0.4 is 4.74 Å². The highest BCUT2D eigenvalue weighted by atomic mass is 79.9. The molecule has 0 spiro atoms. The van der Waals surface area contributed by atoms with Crippen LogP contribution in [-0.4, -0.2) is 26.4 Å². The van der Waals surface area contributed by atoms with Gasteiger partial charge >= 0.3 is 0 Å². The first-order chi connectivity index (χ1) is 8.19. The van der Waals surface area contributed by atoms with E-state index in [1.807, 2.05) is 19.9 Å². The lowest BCUT2D eigenvalue weighted by Gasteiger charge is -2.06. The van der Waals surface area contributed by atoms with E-state index in [9.17, 15) is 0 Å². The van der Waals surface area contributed by atoms with E-state index in [-0.39, 0.29) is 0 Å². The molecule has 0 aliphatic carbocycles. The third-order valence-electron chi connectivity index (χ3n) is 2.14. The number of aryl methyl sites for hydroxylation is 1. The van der Waals surface area contributed by atoms with Crippen LogP contribution >= 0.6 is 15.9 Å². The van der Waals surface area contributed by atoms with Crippen LogP contribution in [0.4, 0.5) is 0 Å². The molecular weight excluding hydrogens is 284 g/mol. The number of ether oxygens (including phenoxy) is 1. The van der Waals surface area contributed by atoms with Crippen LogP contribution in [0.3, 0.4) is 0 Å². The fourth-order valence-electron chi connectivity index (χ4n) is 1.45. The van der Waals surface area contributed by atoms with E-state index in [0.29, 0.717) is 19.0 Å². The summed E-state index contributed by atoms with van der Waals surface area (Å²) in [5, 5.41) is 4.23. The Morgan fingerprint density at radius 3 is 2.82 bits per heavy atom. The van der Waals surface area contributed by atoms with Crippen LogP contribution in [0.5, 0.6) is 5.88 Å². The minimum absolute atomic E-state index is 0.604. The van der Waals surface area contributed by atoms with Gasteiger partial charge in [-0.3, -0.25) is 0 Å². The Morgan fingerprint density at radius 2 is 2.24 bits per heavy atom. The normalized spacial score (nSPS) is 10.5. The molecule has 17 heavy (non-hydrogen) atoms. The van der Waals surface area contributed by atoms with Crippen LogP contribution in [0, 0.1) is 6.92 Å². The van der Waals surface area contributed by atoms with Crippen LogP contribution in [-0.2, 0) is 6.54 Å². The number of rotatable bonds is 4. The summed E-state index contributed by atoms with van der Waals surface area (Å²) in [6.45, 7) is 5.05. The van der Waals surface area contributed by atoms with Crippen molar-refractivity contribution < 1.29 is 4.74 Å². The van der Waals surface area contributed by atoms with E-state index in [2.05, 4.69) is 31.0 Å². The van der Waals surface area contributed by atoms with Crippen molar-refractivity contribution in [2.75, 3.05) is 6.61 Å². The highest BCUT2D eigenvalue weighted by Gasteiger charge is 2.05. The molecule has 0 amide bonds. The van der Waals surface area contributed by atoms with Crippen molar-refractivity contribution in [2.45, 2.75) is 20.4 Å². The molecule has 0 aliphatic heterocycles. The lowest BCUT2D eigenvalue weighted by atomic mass is 10.3. The van der Waals surface area contributed by atoms with Gasteiger partial charge in [-0.2, -0.15) is 5.10 Å². The zero-order valence-electron chi connectivity index (χ0n) is 9.72. The molecule has 0 saturated carbocycles. The Bertz CT molecular complexity index is 512. The van der Waals surface area contributed by atoms with Gasteiger partial charge in [-0.25, -0.2) is 14.6 Å². The Hall–Kier alpha value is -1.43. The second kappa shape index (κ2) is 5.27. The molecule has 0 aliphatic rings. The molecule has 2 aromatic heterocycles. The van der Waals surface area contributed by atoms with E-state index in [1.54, 1.807) is 17.2 Å². The van der Waals surface area contributed by atoms with E-state index >= 15 is 0 Å². The molecule has 6 heteroatoms. The first kappa shape index (κ1) is 12.0. The fourth-order valence-corrected chi connectivity index (χ4v) is 1.96. The maximum Gasteiger partial charge on any atom is 0.227 e. The Labute approximate surface area is 108 Å². The Balaban J connectivity index is 2.14. The van der Waals surface area contributed by atoms with E-state index in [4.69, 9.17) is 4.74 Å². The van der Waals surface area contributed by atoms with Gasteiger partial charge in [0.15, 0.2) is 0 Å². The highest BCUT2D eigenvalue weighted by molar-refractivity contribution is 9.10. The number of aromatic nitrogens is 4. The van der Waals surface area contributed by atoms with E-state index in [1.165, 1.54) is 0 Å². The van der Waals surface area contributed by atoms with E-state index < -0.39 is 0 Å². The average molecular weight is 297 g/mol. The maximum atomic E-state index is 5.35. The van der Waals surface area contributed by atoms with Crippen LogP contribution in [0.25, 0.3) is 0 Å². The molecular formula is C11H13BrN4O. The minimum Gasteiger partial charge on any atom is -0.477 e. The minimum atomic E-state index is 0.604. The summed E-state index contributed by atoms with van der Waals surface area (Å²) in [5.74, 6) is 1.38. The predicted molar refractivity (Wildman–Crippen MR) is 67.0 cm³/mol. The van der Waals surface area contributed by atoms with Gasteiger partial charge in [0.05, 0.1) is 17.6 Å². The number of hydrogen-bond donors (Lipinski definition) is 0. The number of pyridine rings is 1. The lowest BCUT2D eigenvalue weighted by Crippen LogP contribution is -2.02. The van der Waals surface area contributed by atoms with Crippen LogP contribution in [0.2, 0.25) is 0 Å². The summed E-state index contributed by atoms with van der Waals surface area (Å²) < 4.78 is 7.99. The van der Waals surface area contributed by atoms with E-state index in [0.717, 1.165) is 15.9 Å². The number of halogens is 1. The number of nitrogens with zero attached hydrogens (tertiary/aromatic N) is 4. The molecule has 0 radical (unpaired) electrons. The van der Waals surface area contributed by atoms with Gasteiger partial charge in [-0.1, -0.05) is 0 Å². The topological polar surface area (TPSA) is 52.8 Å². The van der Waals surface area contributed by atoms with Gasteiger partial charge in [0.2, 0.25) is 5.88 Å². The zero-order valence-corrected chi connectivity index (χ0v) is 11.3. The summed E-state index contributed by atoms with van der Waals surface area (Å²) >= 11 is 3.43. The van der Waals surface area contributed by atoms with Crippen molar-refractivity contribution in [3.05, 3.63) is 34.5 Å². The molecule has 0 bridgehead atoms.